The van der Waals surface area contributed by atoms with E-state index >= 15 is 0 Å². The van der Waals surface area contributed by atoms with Crippen molar-refractivity contribution in [2.75, 3.05) is 18.5 Å². The quantitative estimate of drug-likeness (QED) is 0.635. The number of carbonyl (C=O) groups is 1. The van der Waals surface area contributed by atoms with Crippen LogP contribution in [0.5, 0.6) is 11.5 Å². The molecule has 0 spiro atoms. The summed E-state index contributed by atoms with van der Waals surface area (Å²) >= 11 is 0. The lowest BCUT2D eigenvalue weighted by Gasteiger charge is -2.14. The minimum absolute atomic E-state index is 0.174. The van der Waals surface area contributed by atoms with E-state index in [9.17, 15) is 14.4 Å². The molecule has 0 radical (unpaired) electrons. The Bertz CT molecular complexity index is 1200. The molecule has 3 aromatic rings. The van der Waals surface area contributed by atoms with Crippen LogP contribution >= 0.6 is 0 Å². The second-order valence-corrected chi connectivity index (χ2v) is 6.64. The summed E-state index contributed by atoms with van der Waals surface area (Å²) in [6.45, 7) is 5.90. The first-order valence-electron chi connectivity index (χ1n) is 9.62. The molecule has 0 bridgehead atoms. The van der Waals surface area contributed by atoms with Gasteiger partial charge in [0.25, 0.3) is 5.56 Å². The molecule has 1 aromatic carbocycles. The van der Waals surface area contributed by atoms with Crippen molar-refractivity contribution in [1.29, 1.82) is 0 Å². The Kier molecular flexibility index (Phi) is 6.20. The predicted molar refractivity (Wildman–Crippen MR) is 113 cm³/mol. The number of nitrogens with one attached hydrogen (secondary N) is 1. The lowest BCUT2D eigenvalue weighted by atomic mass is 10.2. The molecule has 9 nitrogen and oxygen atoms in total. The van der Waals surface area contributed by atoms with Gasteiger partial charge in [-0.15, -0.1) is 0 Å². The van der Waals surface area contributed by atoms with Crippen molar-refractivity contribution < 1.29 is 14.3 Å². The van der Waals surface area contributed by atoms with E-state index in [1.807, 2.05) is 6.92 Å². The monoisotopic (exact) mass is 412 g/mol. The van der Waals surface area contributed by atoms with Gasteiger partial charge in [-0.25, -0.2) is 14.3 Å². The highest BCUT2D eigenvalue weighted by molar-refractivity contribution is 5.91. The third-order valence-corrected chi connectivity index (χ3v) is 4.52. The van der Waals surface area contributed by atoms with Gasteiger partial charge in [0.15, 0.2) is 5.65 Å². The van der Waals surface area contributed by atoms with Crippen molar-refractivity contribution in [3.63, 3.8) is 0 Å². The van der Waals surface area contributed by atoms with E-state index in [0.717, 1.165) is 4.57 Å². The smallest absolute Gasteiger partial charge is 0.332 e. The molecule has 1 N–H and O–H groups in total. The number of hydrogen-bond donors (Lipinski definition) is 1. The van der Waals surface area contributed by atoms with Gasteiger partial charge >= 0.3 is 5.69 Å². The SMILES string of the molecule is CCOc1ccc(NC(=O)Cn2c(=O)c3c(OCC)c(C)cnc3n(C)c2=O)cc1. The fraction of sp³-hybridized carbons (Fsp3) is 0.333. The highest BCUT2D eigenvalue weighted by atomic mass is 16.5. The lowest BCUT2D eigenvalue weighted by Crippen LogP contribution is -2.42. The first-order chi connectivity index (χ1) is 14.4. The summed E-state index contributed by atoms with van der Waals surface area (Å²) in [6.07, 6.45) is 1.55. The van der Waals surface area contributed by atoms with Crippen LogP contribution in [0.2, 0.25) is 0 Å². The molecule has 3 rings (SSSR count). The second kappa shape index (κ2) is 8.81. The normalized spacial score (nSPS) is 10.8. The summed E-state index contributed by atoms with van der Waals surface area (Å²) in [5.41, 5.74) is 0.164. The van der Waals surface area contributed by atoms with Gasteiger partial charge in [-0.2, -0.15) is 0 Å². The summed E-state index contributed by atoms with van der Waals surface area (Å²) in [5.74, 6) is 0.543. The number of ether oxygens (including phenoxy) is 2. The molecule has 0 aliphatic rings. The molecule has 0 saturated carbocycles. The average molecular weight is 412 g/mol. The first kappa shape index (κ1) is 21.1. The topological polar surface area (TPSA) is 104 Å². The second-order valence-electron chi connectivity index (χ2n) is 6.64. The molecule has 158 valence electrons. The maximum absolute atomic E-state index is 13.1. The van der Waals surface area contributed by atoms with Gasteiger partial charge in [0.05, 0.1) is 13.2 Å². The van der Waals surface area contributed by atoms with Gasteiger partial charge in [-0.3, -0.25) is 14.2 Å². The average Bonchev–Trinajstić information content (AvgIpc) is 2.72. The van der Waals surface area contributed by atoms with Crippen molar-refractivity contribution in [2.24, 2.45) is 7.05 Å². The molecule has 0 saturated heterocycles. The predicted octanol–water partition coefficient (Wildman–Crippen LogP) is 1.84. The molecule has 30 heavy (non-hydrogen) atoms. The summed E-state index contributed by atoms with van der Waals surface area (Å²) in [4.78, 5) is 42.5. The zero-order valence-electron chi connectivity index (χ0n) is 17.4. The number of fused-ring (bicyclic) bond motifs is 1. The summed E-state index contributed by atoms with van der Waals surface area (Å²) in [6, 6.07) is 6.82. The number of carbonyl (C=O) groups excluding carboxylic acids is 1. The maximum Gasteiger partial charge on any atom is 0.332 e. The van der Waals surface area contributed by atoms with Crippen LogP contribution in [0.15, 0.2) is 40.1 Å². The van der Waals surface area contributed by atoms with Crippen molar-refractivity contribution in [3.05, 3.63) is 56.9 Å². The summed E-state index contributed by atoms with van der Waals surface area (Å²) < 4.78 is 13.1. The van der Waals surface area contributed by atoms with Gasteiger partial charge in [0.1, 0.15) is 23.4 Å². The highest BCUT2D eigenvalue weighted by Crippen LogP contribution is 2.24. The van der Waals surface area contributed by atoms with Crippen molar-refractivity contribution in [2.45, 2.75) is 27.3 Å². The molecular formula is C21H24N4O5. The Balaban J connectivity index is 1.97. The summed E-state index contributed by atoms with van der Waals surface area (Å²) in [7, 11) is 1.50. The first-order valence-corrected chi connectivity index (χ1v) is 9.62. The van der Waals surface area contributed by atoms with Gasteiger partial charge in [-0.1, -0.05) is 0 Å². The number of benzene rings is 1. The van der Waals surface area contributed by atoms with E-state index in [4.69, 9.17) is 9.47 Å². The van der Waals surface area contributed by atoms with E-state index in [2.05, 4.69) is 10.3 Å². The van der Waals surface area contributed by atoms with E-state index in [1.165, 1.54) is 11.6 Å². The fourth-order valence-corrected chi connectivity index (χ4v) is 3.14. The molecule has 0 fully saturated rings. The zero-order valence-corrected chi connectivity index (χ0v) is 17.4. The number of amides is 1. The molecule has 2 heterocycles. The van der Waals surface area contributed by atoms with Crippen LogP contribution in [0.3, 0.4) is 0 Å². The minimum Gasteiger partial charge on any atom is -0.494 e. The van der Waals surface area contributed by atoms with E-state index < -0.39 is 23.7 Å². The molecule has 0 unspecified atom stereocenters. The molecule has 0 aliphatic carbocycles. The zero-order chi connectivity index (χ0) is 21.8. The number of pyridine rings is 1. The van der Waals surface area contributed by atoms with Crippen LogP contribution in [0.4, 0.5) is 5.69 Å². The number of rotatable bonds is 7. The third-order valence-electron chi connectivity index (χ3n) is 4.52. The Hall–Kier alpha value is -3.62. The van der Waals surface area contributed by atoms with Gasteiger partial charge < -0.3 is 14.8 Å². The van der Waals surface area contributed by atoms with Crippen LogP contribution in [-0.4, -0.2) is 33.2 Å². The van der Waals surface area contributed by atoms with Gasteiger partial charge in [0, 0.05) is 24.5 Å². The van der Waals surface area contributed by atoms with Crippen LogP contribution in [0.1, 0.15) is 19.4 Å². The van der Waals surface area contributed by atoms with Crippen molar-refractivity contribution in [1.82, 2.24) is 14.1 Å². The Morgan fingerprint density at radius 1 is 1.10 bits per heavy atom. The molecular weight excluding hydrogens is 388 g/mol. The van der Waals surface area contributed by atoms with E-state index in [1.54, 1.807) is 44.3 Å². The van der Waals surface area contributed by atoms with Crippen LogP contribution in [0, 0.1) is 6.92 Å². The number of anilines is 1. The number of nitrogens with zero attached hydrogens (tertiary/aromatic N) is 3. The van der Waals surface area contributed by atoms with E-state index in [-0.39, 0.29) is 11.0 Å². The third kappa shape index (κ3) is 4.05. The van der Waals surface area contributed by atoms with Gasteiger partial charge in [-0.05, 0) is 45.0 Å². The fourth-order valence-electron chi connectivity index (χ4n) is 3.14. The van der Waals surface area contributed by atoms with Gasteiger partial charge in [0.2, 0.25) is 5.91 Å². The molecule has 0 atom stereocenters. The van der Waals surface area contributed by atoms with Crippen LogP contribution < -0.4 is 26.0 Å². The Morgan fingerprint density at radius 2 is 1.77 bits per heavy atom. The largest absolute Gasteiger partial charge is 0.494 e. The Morgan fingerprint density at radius 3 is 2.40 bits per heavy atom. The number of aryl methyl sites for hydroxylation is 2. The summed E-state index contributed by atoms with van der Waals surface area (Å²) in [5, 5.41) is 2.86. The molecule has 0 aliphatic heterocycles. The van der Waals surface area contributed by atoms with Crippen molar-refractivity contribution >= 4 is 22.6 Å². The molecule has 1 amide bonds. The standard InChI is InChI=1S/C21H24N4O5/c1-5-29-15-9-7-14(8-10-15)23-16(26)12-25-20(27)17-18(30-6-2)13(3)11-22-19(17)24(4)21(25)28/h7-11H,5-6,12H2,1-4H3,(H,23,26). The van der Waals surface area contributed by atoms with E-state index in [0.29, 0.717) is 36.0 Å². The molecule has 9 heteroatoms. The number of hydrogen-bond acceptors (Lipinski definition) is 6. The van der Waals surface area contributed by atoms with Crippen LogP contribution in [-0.2, 0) is 18.4 Å². The lowest BCUT2D eigenvalue weighted by molar-refractivity contribution is -0.116. The van der Waals surface area contributed by atoms with Crippen molar-refractivity contribution in [3.8, 4) is 11.5 Å². The van der Waals surface area contributed by atoms with Crippen LogP contribution in [0.25, 0.3) is 11.0 Å². The molecule has 2 aromatic heterocycles. The minimum atomic E-state index is -0.631. The maximum atomic E-state index is 13.1. The highest BCUT2D eigenvalue weighted by Gasteiger charge is 2.19. The Labute approximate surface area is 172 Å². The number of aromatic nitrogens is 3.